The van der Waals surface area contributed by atoms with Gasteiger partial charge in [-0.05, 0) is 63.0 Å². The quantitative estimate of drug-likeness (QED) is 0.831. The van der Waals surface area contributed by atoms with Gasteiger partial charge < -0.3 is 11.1 Å². The van der Waals surface area contributed by atoms with E-state index in [1.807, 2.05) is 25.1 Å². The summed E-state index contributed by atoms with van der Waals surface area (Å²) >= 11 is 0. The first-order valence-corrected chi connectivity index (χ1v) is 7.71. The van der Waals surface area contributed by atoms with Gasteiger partial charge in [0.05, 0.1) is 5.56 Å². The smallest absolute Gasteiger partial charge is 0.253 e. The topological polar surface area (TPSA) is 55.1 Å². The average molecular weight is 272 g/mol. The van der Waals surface area contributed by atoms with Crippen LogP contribution in [-0.4, -0.2) is 11.9 Å². The van der Waals surface area contributed by atoms with Crippen molar-refractivity contribution in [1.82, 2.24) is 5.32 Å². The second-order valence-corrected chi connectivity index (χ2v) is 6.69. The second kappa shape index (κ2) is 5.12. The van der Waals surface area contributed by atoms with Crippen LogP contribution in [0.2, 0.25) is 0 Å². The molecule has 2 fully saturated rings. The van der Waals surface area contributed by atoms with Crippen LogP contribution in [0.5, 0.6) is 0 Å². The zero-order valence-corrected chi connectivity index (χ0v) is 12.4. The number of rotatable bonds is 3. The van der Waals surface area contributed by atoms with E-state index in [-0.39, 0.29) is 11.9 Å². The van der Waals surface area contributed by atoms with Crippen LogP contribution in [0.25, 0.3) is 0 Å². The number of aryl methyl sites for hydroxylation is 1. The number of nitrogens with one attached hydrogen (secondary N) is 1. The molecule has 0 aromatic heterocycles. The molecule has 3 nitrogen and oxygen atoms in total. The summed E-state index contributed by atoms with van der Waals surface area (Å²) in [6, 6.07) is 5.87. The molecule has 1 amide bonds. The Morgan fingerprint density at radius 2 is 2.15 bits per heavy atom. The minimum atomic E-state index is -0.0264. The van der Waals surface area contributed by atoms with Gasteiger partial charge >= 0.3 is 0 Å². The van der Waals surface area contributed by atoms with Crippen LogP contribution < -0.4 is 11.1 Å². The van der Waals surface area contributed by atoms with Gasteiger partial charge in [0.15, 0.2) is 0 Å². The van der Waals surface area contributed by atoms with E-state index in [4.69, 9.17) is 5.73 Å². The summed E-state index contributed by atoms with van der Waals surface area (Å²) in [5, 5.41) is 3.17. The Balaban J connectivity index is 1.68. The van der Waals surface area contributed by atoms with Gasteiger partial charge in [0.25, 0.3) is 5.91 Å². The number of fused-ring (bicyclic) bond motifs is 2. The maximum atomic E-state index is 12.4. The Kier molecular flexibility index (Phi) is 3.45. The van der Waals surface area contributed by atoms with E-state index in [9.17, 15) is 4.79 Å². The number of amides is 1. The zero-order chi connectivity index (χ0) is 14.3. The molecule has 0 spiro atoms. The van der Waals surface area contributed by atoms with Crippen LogP contribution in [0.3, 0.4) is 0 Å². The van der Waals surface area contributed by atoms with E-state index in [2.05, 4.69) is 12.2 Å². The molecule has 0 aliphatic heterocycles. The highest BCUT2D eigenvalue weighted by Crippen LogP contribution is 2.49. The van der Waals surface area contributed by atoms with Gasteiger partial charge in [-0.15, -0.1) is 0 Å². The van der Waals surface area contributed by atoms with Crippen molar-refractivity contribution in [2.45, 2.75) is 45.6 Å². The molecule has 2 aliphatic rings. The van der Waals surface area contributed by atoms with Gasteiger partial charge in [-0.3, -0.25) is 4.79 Å². The Morgan fingerprint density at radius 3 is 2.80 bits per heavy atom. The fourth-order valence-electron chi connectivity index (χ4n) is 4.16. The fourth-order valence-corrected chi connectivity index (χ4v) is 4.16. The largest absolute Gasteiger partial charge is 0.398 e. The van der Waals surface area contributed by atoms with E-state index in [0.717, 1.165) is 17.4 Å². The number of hydrogen-bond donors (Lipinski definition) is 2. The molecule has 1 aromatic rings. The van der Waals surface area contributed by atoms with Crippen molar-refractivity contribution in [3.05, 3.63) is 29.3 Å². The highest BCUT2D eigenvalue weighted by Gasteiger charge is 2.42. The van der Waals surface area contributed by atoms with Gasteiger partial charge in [0, 0.05) is 11.7 Å². The number of nitrogens with two attached hydrogens (primary N) is 1. The Labute approximate surface area is 120 Å². The highest BCUT2D eigenvalue weighted by molar-refractivity contribution is 5.99. The Morgan fingerprint density at radius 1 is 1.35 bits per heavy atom. The number of benzene rings is 1. The molecule has 1 aromatic carbocycles. The molecule has 0 saturated heterocycles. The van der Waals surface area contributed by atoms with E-state index < -0.39 is 0 Å². The maximum Gasteiger partial charge on any atom is 0.253 e. The minimum Gasteiger partial charge on any atom is -0.398 e. The Hall–Kier alpha value is -1.51. The SMILES string of the molecule is Cc1ccc(N)c(C(=O)NC(C)C2CC3CCC2C3)c1. The summed E-state index contributed by atoms with van der Waals surface area (Å²) in [6.45, 7) is 4.13. The maximum absolute atomic E-state index is 12.4. The normalized spacial score (nSPS) is 29.4. The van der Waals surface area contributed by atoms with Gasteiger partial charge in [-0.1, -0.05) is 18.1 Å². The first-order valence-electron chi connectivity index (χ1n) is 7.71. The molecule has 3 rings (SSSR count). The lowest BCUT2D eigenvalue weighted by molar-refractivity contribution is 0.0916. The lowest BCUT2D eigenvalue weighted by atomic mass is 9.84. The third-order valence-electron chi connectivity index (χ3n) is 5.25. The molecule has 3 heteroatoms. The second-order valence-electron chi connectivity index (χ2n) is 6.69. The molecule has 2 bridgehead atoms. The average Bonchev–Trinajstić information content (AvgIpc) is 3.03. The first kappa shape index (κ1) is 13.5. The molecule has 20 heavy (non-hydrogen) atoms. The lowest BCUT2D eigenvalue weighted by Crippen LogP contribution is -2.40. The van der Waals surface area contributed by atoms with Crippen molar-refractivity contribution in [1.29, 1.82) is 0 Å². The predicted molar refractivity (Wildman–Crippen MR) is 81.5 cm³/mol. The van der Waals surface area contributed by atoms with Crippen LogP contribution in [0.15, 0.2) is 18.2 Å². The van der Waals surface area contributed by atoms with Gasteiger partial charge in [-0.2, -0.15) is 0 Å². The van der Waals surface area contributed by atoms with Gasteiger partial charge in [0.2, 0.25) is 0 Å². The van der Waals surface area contributed by atoms with Crippen molar-refractivity contribution >= 4 is 11.6 Å². The first-order chi connectivity index (χ1) is 9.54. The summed E-state index contributed by atoms with van der Waals surface area (Å²) in [5.74, 6) is 2.36. The number of carbonyl (C=O) groups is 1. The summed E-state index contributed by atoms with van der Waals surface area (Å²) in [5.41, 5.74) is 8.16. The predicted octanol–water partition coefficient (Wildman–Crippen LogP) is 3.13. The van der Waals surface area contributed by atoms with Gasteiger partial charge in [-0.25, -0.2) is 0 Å². The van der Waals surface area contributed by atoms with Crippen LogP contribution in [-0.2, 0) is 0 Å². The molecule has 2 saturated carbocycles. The third kappa shape index (κ3) is 2.41. The number of anilines is 1. The van der Waals surface area contributed by atoms with Gasteiger partial charge in [0.1, 0.15) is 0 Å². The van der Waals surface area contributed by atoms with E-state index in [0.29, 0.717) is 17.2 Å². The van der Waals surface area contributed by atoms with Crippen molar-refractivity contribution in [2.75, 3.05) is 5.73 Å². The molecular weight excluding hydrogens is 248 g/mol. The number of hydrogen-bond acceptors (Lipinski definition) is 2. The molecule has 108 valence electrons. The van der Waals surface area contributed by atoms with Crippen LogP contribution in [0.1, 0.15) is 48.5 Å². The van der Waals surface area contributed by atoms with E-state index in [1.165, 1.54) is 25.7 Å². The van der Waals surface area contributed by atoms with Crippen molar-refractivity contribution in [3.8, 4) is 0 Å². The highest BCUT2D eigenvalue weighted by atomic mass is 16.1. The zero-order valence-electron chi connectivity index (χ0n) is 12.4. The summed E-state index contributed by atoms with van der Waals surface area (Å²) < 4.78 is 0. The molecule has 0 heterocycles. The molecule has 2 aliphatic carbocycles. The summed E-state index contributed by atoms with van der Waals surface area (Å²) in [6.07, 6.45) is 5.40. The molecule has 0 radical (unpaired) electrons. The lowest BCUT2D eigenvalue weighted by Gasteiger charge is -2.28. The molecular formula is C17H24N2O. The van der Waals surface area contributed by atoms with E-state index in [1.54, 1.807) is 0 Å². The van der Waals surface area contributed by atoms with E-state index >= 15 is 0 Å². The van der Waals surface area contributed by atoms with Crippen molar-refractivity contribution in [2.24, 2.45) is 17.8 Å². The fraction of sp³-hybridized carbons (Fsp3) is 0.588. The third-order valence-corrected chi connectivity index (χ3v) is 5.25. The molecule has 4 unspecified atom stereocenters. The van der Waals surface area contributed by atoms with Crippen molar-refractivity contribution < 1.29 is 4.79 Å². The summed E-state index contributed by atoms with van der Waals surface area (Å²) in [4.78, 5) is 12.4. The number of carbonyl (C=O) groups excluding carboxylic acids is 1. The monoisotopic (exact) mass is 272 g/mol. The standard InChI is InChI=1S/C17H24N2O/c1-10-3-6-16(18)15(7-10)17(20)19-11(2)14-9-12-4-5-13(14)8-12/h3,6-7,11-14H,4-5,8-9,18H2,1-2H3,(H,19,20). The van der Waals surface area contributed by atoms with Crippen LogP contribution in [0.4, 0.5) is 5.69 Å². The number of nitrogen functional groups attached to an aromatic ring is 1. The van der Waals surface area contributed by atoms with Crippen LogP contribution in [0, 0.1) is 24.7 Å². The van der Waals surface area contributed by atoms with Crippen molar-refractivity contribution in [3.63, 3.8) is 0 Å². The Bertz CT molecular complexity index is 526. The molecule has 3 N–H and O–H groups in total. The minimum absolute atomic E-state index is 0.0264. The molecule has 4 atom stereocenters. The summed E-state index contributed by atoms with van der Waals surface area (Å²) in [7, 11) is 0. The van der Waals surface area contributed by atoms with Crippen LogP contribution >= 0.6 is 0 Å².